The molecule has 0 aromatic carbocycles. The van der Waals surface area contributed by atoms with Gasteiger partial charge < -0.3 is 5.11 Å². The highest BCUT2D eigenvalue weighted by molar-refractivity contribution is 5.02. The average molecular weight is 112 g/mol. The number of aliphatic hydroxyl groups is 1. The minimum atomic E-state index is -0.377. The van der Waals surface area contributed by atoms with Crippen LogP contribution in [-0.2, 0) is 0 Å². The van der Waals surface area contributed by atoms with E-state index < -0.39 is 0 Å². The van der Waals surface area contributed by atoms with Crippen molar-refractivity contribution in [1.29, 1.82) is 0 Å². The molecule has 0 aliphatic carbocycles. The van der Waals surface area contributed by atoms with Gasteiger partial charge in [0.1, 0.15) is 0 Å². The Hall–Kier alpha value is -0.520. The van der Waals surface area contributed by atoms with Crippen LogP contribution >= 0.6 is 0 Å². The molecule has 0 bridgehead atoms. The maximum Gasteiger partial charge on any atom is 0.0795 e. The van der Waals surface area contributed by atoms with Crippen LogP contribution in [-0.4, -0.2) is 11.2 Å². The van der Waals surface area contributed by atoms with Crippen molar-refractivity contribution in [2.24, 2.45) is 0 Å². The van der Waals surface area contributed by atoms with Crippen molar-refractivity contribution in [1.82, 2.24) is 0 Å². The molecular weight excluding hydrogens is 100 g/mol. The van der Waals surface area contributed by atoms with Crippen LogP contribution in [0.15, 0.2) is 17.9 Å². The van der Waals surface area contributed by atoms with E-state index in [-0.39, 0.29) is 6.10 Å². The predicted molar refractivity (Wildman–Crippen MR) is 34.6 cm³/mol. The Balaban J connectivity index is 3.92. The summed E-state index contributed by atoms with van der Waals surface area (Å²) < 4.78 is 0. The van der Waals surface area contributed by atoms with E-state index in [9.17, 15) is 0 Å². The Labute approximate surface area is 50.3 Å². The molecule has 1 N–H and O–H groups in total. The molecule has 0 aliphatic heterocycles. The molecule has 0 rings (SSSR count). The SMILES string of the molecule is C=C=C(CC)C(C)O. The van der Waals surface area contributed by atoms with Crippen LogP contribution in [0.5, 0.6) is 0 Å². The molecule has 0 saturated heterocycles. The van der Waals surface area contributed by atoms with E-state index >= 15 is 0 Å². The molecule has 0 fully saturated rings. The van der Waals surface area contributed by atoms with Crippen LogP contribution in [0.1, 0.15) is 20.3 Å². The van der Waals surface area contributed by atoms with Crippen molar-refractivity contribution in [3.05, 3.63) is 17.9 Å². The summed E-state index contributed by atoms with van der Waals surface area (Å²) in [6, 6.07) is 0. The number of hydrogen-bond acceptors (Lipinski definition) is 1. The van der Waals surface area contributed by atoms with Crippen LogP contribution in [0.2, 0.25) is 0 Å². The second-order valence-corrected chi connectivity index (χ2v) is 1.73. The molecule has 0 aromatic rings. The number of rotatable bonds is 2. The topological polar surface area (TPSA) is 20.2 Å². The summed E-state index contributed by atoms with van der Waals surface area (Å²) in [4.78, 5) is 0. The molecule has 0 spiro atoms. The van der Waals surface area contributed by atoms with Gasteiger partial charge in [0.2, 0.25) is 0 Å². The number of hydrogen-bond donors (Lipinski definition) is 1. The average Bonchev–Trinajstić information content (AvgIpc) is 1.69. The van der Waals surface area contributed by atoms with Crippen molar-refractivity contribution >= 4 is 0 Å². The van der Waals surface area contributed by atoms with Crippen LogP contribution in [0.4, 0.5) is 0 Å². The van der Waals surface area contributed by atoms with Gasteiger partial charge in [-0.05, 0) is 18.9 Å². The molecule has 46 valence electrons. The maximum atomic E-state index is 8.87. The van der Waals surface area contributed by atoms with Crippen molar-refractivity contribution in [3.63, 3.8) is 0 Å². The lowest BCUT2D eigenvalue weighted by Crippen LogP contribution is -2.01. The zero-order valence-electron chi connectivity index (χ0n) is 5.44. The summed E-state index contributed by atoms with van der Waals surface area (Å²) >= 11 is 0. The molecule has 1 nitrogen and oxygen atoms in total. The van der Waals surface area contributed by atoms with Crippen LogP contribution < -0.4 is 0 Å². The molecule has 0 heterocycles. The fourth-order valence-corrected chi connectivity index (χ4v) is 0.568. The first-order valence-electron chi connectivity index (χ1n) is 2.79. The van der Waals surface area contributed by atoms with E-state index in [2.05, 4.69) is 12.3 Å². The second-order valence-electron chi connectivity index (χ2n) is 1.73. The van der Waals surface area contributed by atoms with Gasteiger partial charge in [0.25, 0.3) is 0 Å². The van der Waals surface area contributed by atoms with E-state index in [1.165, 1.54) is 0 Å². The van der Waals surface area contributed by atoms with Crippen molar-refractivity contribution in [2.45, 2.75) is 26.4 Å². The molecule has 0 aromatic heterocycles. The Morgan fingerprint density at radius 3 is 2.38 bits per heavy atom. The highest BCUT2D eigenvalue weighted by Crippen LogP contribution is 2.02. The smallest absolute Gasteiger partial charge is 0.0795 e. The lowest BCUT2D eigenvalue weighted by atomic mass is 10.1. The Morgan fingerprint density at radius 2 is 2.38 bits per heavy atom. The van der Waals surface area contributed by atoms with Crippen LogP contribution in [0.25, 0.3) is 0 Å². The van der Waals surface area contributed by atoms with Crippen LogP contribution in [0.3, 0.4) is 0 Å². The summed E-state index contributed by atoms with van der Waals surface area (Å²) in [6.45, 7) is 7.12. The third-order valence-electron chi connectivity index (χ3n) is 1.11. The Bertz CT molecular complexity index is 108. The van der Waals surface area contributed by atoms with Crippen molar-refractivity contribution in [3.8, 4) is 0 Å². The monoisotopic (exact) mass is 112 g/mol. The summed E-state index contributed by atoms with van der Waals surface area (Å²) in [7, 11) is 0. The van der Waals surface area contributed by atoms with Gasteiger partial charge in [-0.2, -0.15) is 0 Å². The quantitative estimate of drug-likeness (QED) is 0.536. The second kappa shape index (κ2) is 3.48. The lowest BCUT2D eigenvalue weighted by Gasteiger charge is -2.01. The molecular formula is C7H12O. The molecule has 1 atom stereocenters. The van der Waals surface area contributed by atoms with Gasteiger partial charge in [-0.15, -0.1) is 5.73 Å². The molecule has 0 saturated carbocycles. The fraction of sp³-hybridized carbons (Fsp3) is 0.571. The maximum absolute atomic E-state index is 8.87. The zero-order chi connectivity index (χ0) is 6.57. The summed E-state index contributed by atoms with van der Waals surface area (Å²) in [5, 5.41) is 8.87. The Morgan fingerprint density at radius 1 is 1.88 bits per heavy atom. The van der Waals surface area contributed by atoms with Gasteiger partial charge in [0.05, 0.1) is 6.10 Å². The highest BCUT2D eigenvalue weighted by Gasteiger charge is 1.97. The first kappa shape index (κ1) is 7.48. The van der Waals surface area contributed by atoms with Gasteiger partial charge in [-0.1, -0.05) is 13.5 Å². The standard InChI is InChI=1S/C7H12O/c1-4-7(5-2)6(3)8/h6,8H,1,5H2,2-3H3. The fourth-order valence-electron chi connectivity index (χ4n) is 0.568. The van der Waals surface area contributed by atoms with Crippen LogP contribution in [0, 0.1) is 0 Å². The lowest BCUT2D eigenvalue weighted by molar-refractivity contribution is 0.228. The summed E-state index contributed by atoms with van der Waals surface area (Å²) in [6.07, 6.45) is 0.457. The van der Waals surface area contributed by atoms with Gasteiger partial charge in [-0.25, -0.2) is 0 Å². The molecule has 0 radical (unpaired) electrons. The first-order valence-corrected chi connectivity index (χ1v) is 2.79. The van der Waals surface area contributed by atoms with E-state index in [0.29, 0.717) is 0 Å². The van der Waals surface area contributed by atoms with Gasteiger partial charge in [-0.3, -0.25) is 0 Å². The molecule has 0 aliphatic rings. The van der Waals surface area contributed by atoms with Crippen molar-refractivity contribution < 1.29 is 5.11 Å². The molecule has 0 amide bonds. The minimum absolute atomic E-state index is 0.377. The van der Waals surface area contributed by atoms with Gasteiger partial charge in [0, 0.05) is 0 Å². The normalized spacial score (nSPS) is 12.4. The molecule has 1 heteroatoms. The van der Waals surface area contributed by atoms with Gasteiger partial charge >= 0.3 is 0 Å². The number of aliphatic hydroxyl groups excluding tert-OH is 1. The first-order chi connectivity index (χ1) is 3.72. The van der Waals surface area contributed by atoms with E-state index in [1.54, 1.807) is 6.92 Å². The van der Waals surface area contributed by atoms with Crippen molar-refractivity contribution in [2.75, 3.05) is 0 Å². The van der Waals surface area contributed by atoms with E-state index in [0.717, 1.165) is 12.0 Å². The third kappa shape index (κ3) is 1.97. The Kier molecular flexibility index (Phi) is 3.25. The predicted octanol–water partition coefficient (Wildman–Crippen LogP) is 1.49. The summed E-state index contributed by atoms with van der Waals surface area (Å²) in [5.41, 5.74) is 3.55. The minimum Gasteiger partial charge on any atom is -0.388 e. The van der Waals surface area contributed by atoms with E-state index in [4.69, 9.17) is 5.11 Å². The largest absolute Gasteiger partial charge is 0.388 e. The molecule has 1 unspecified atom stereocenters. The van der Waals surface area contributed by atoms with E-state index in [1.807, 2.05) is 6.92 Å². The third-order valence-corrected chi connectivity index (χ3v) is 1.11. The summed E-state index contributed by atoms with van der Waals surface area (Å²) in [5.74, 6) is 0. The molecule has 8 heavy (non-hydrogen) atoms. The zero-order valence-corrected chi connectivity index (χ0v) is 5.44. The van der Waals surface area contributed by atoms with Gasteiger partial charge in [0.15, 0.2) is 0 Å². The highest BCUT2D eigenvalue weighted by atomic mass is 16.3.